The van der Waals surface area contributed by atoms with Gasteiger partial charge in [-0.2, -0.15) is 0 Å². The van der Waals surface area contributed by atoms with Crippen LogP contribution in [0.5, 0.6) is 5.75 Å². The highest BCUT2D eigenvalue weighted by Crippen LogP contribution is 2.30. The topological polar surface area (TPSA) is 41.3 Å². The van der Waals surface area contributed by atoms with Gasteiger partial charge in [-0.15, -0.1) is 0 Å². The molecule has 1 aromatic carbocycles. The molecule has 0 aliphatic carbocycles. The number of para-hydroxylation sites is 1. The van der Waals surface area contributed by atoms with E-state index >= 15 is 0 Å². The van der Waals surface area contributed by atoms with Crippen LogP contribution in [0, 0.1) is 0 Å². The van der Waals surface area contributed by atoms with E-state index in [0.717, 1.165) is 25.2 Å². The molecule has 1 aromatic heterocycles. The van der Waals surface area contributed by atoms with E-state index in [9.17, 15) is 5.11 Å². The minimum atomic E-state index is 0.211. The highest BCUT2D eigenvalue weighted by atomic mass is 35.5. The lowest BCUT2D eigenvalue weighted by molar-refractivity contribution is 0.222. The molecular weight excluding hydrogens is 274 g/mol. The minimum Gasteiger partial charge on any atom is -0.506 e. The van der Waals surface area contributed by atoms with Crippen molar-refractivity contribution in [3.63, 3.8) is 0 Å². The van der Waals surface area contributed by atoms with Gasteiger partial charge in [0.1, 0.15) is 5.75 Å². The zero-order valence-electron chi connectivity index (χ0n) is 11.2. The van der Waals surface area contributed by atoms with E-state index in [1.54, 1.807) is 6.07 Å². The number of aromatic nitrogens is 2. The lowest BCUT2D eigenvalue weighted by atomic mass is 10.1. The normalized spacial score (nSPS) is 19.6. The Hall–Kier alpha value is -1.52. The SMILES string of the molecule is Oc1c(Cl)cccc1CN1CCC[C@@H]1Cn1ccnc1. The summed E-state index contributed by atoms with van der Waals surface area (Å²) in [6.07, 6.45) is 8.03. The van der Waals surface area contributed by atoms with Gasteiger partial charge in [0.25, 0.3) is 0 Å². The number of benzene rings is 1. The van der Waals surface area contributed by atoms with Crippen LogP contribution in [0.25, 0.3) is 0 Å². The summed E-state index contributed by atoms with van der Waals surface area (Å²) in [6, 6.07) is 6.03. The van der Waals surface area contributed by atoms with Crippen LogP contribution >= 0.6 is 11.6 Å². The van der Waals surface area contributed by atoms with Crippen molar-refractivity contribution in [3.8, 4) is 5.75 Å². The Morgan fingerprint density at radius 3 is 3.10 bits per heavy atom. The number of phenolic OH excluding ortho intramolecular Hbond substituents is 1. The van der Waals surface area contributed by atoms with E-state index in [4.69, 9.17) is 11.6 Å². The van der Waals surface area contributed by atoms with Gasteiger partial charge in [-0.3, -0.25) is 4.90 Å². The summed E-state index contributed by atoms with van der Waals surface area (Å²) in [5.74, 6) is 0.211. The van der Waals surface area contributed by atoms with Crippen molar-refractivity contribution in [1.29, 1.82) is 0 Å². The van der Waals surface area contributed by atoms with E-state index in [1.807, 2.05) is 30.9 Å². The first-order valence-corrected chi connectivity index (χ1v) is 7.28. The molecule has 0 amide bonds. The van der Waals surface area contributed by atoms with E-state index in [1.165, 1.54) is 12.8 Å². The fourth-order valence-corrected chi connectivity index (χ4v) is 3.05. The lowest BCUT2D eigenvalue weighted by Gasteiger charge is -2.25. The zero-order valence-corrected chi connectivity index (χ0v) is 12.0. The molecule has 4 nitrogen and oxygen atoms in total. The molecule has 3 rings (SSSR count). The third kappa shape index (κ3) is 2.81. The maximum Gasteiger partial charge on any atom is 0.138 e. The largest absolute Gasteiger partial charge is 0.506 e. The lowest BCUT2D eigenvalue weighted by Crippen LogP contribution is -2.32. The molecule has 0 saturated carbocycles. The van der Waals surface area contributed by atoms with E-state index in [2.05, 4.69) is 14.5 Å². The number of hydrogen-bond donors (Lipinski definition) is 1. The number of imidazole rings is 1. The molecule has 1 atom stereocenters. The zero-order chi connectivity index (χ0) is 13.9. The van der Waals surface area contributed by atoms with Gasteiger partial charge in [-0.05, 0) is 25.5 Å². The molecule has 20 heavy (non-hydrogen) atoms. The number of hydrogen-bond acceptors (Lipinski definition) is 3. The first kappa shape index (κ1) is 13.5. The second-order valence-corrected chi connectivity index (χ2v) is 5.68. The second kappa shape index (κ2) is 5.85. The van der Waals surface area contributed by atoms with E-state index < -0.39 is 0 Å². The third-order valence-corrected chi connectivity index (χ3v) is 4.23. The average molecular weight is 292 g/mol. The third-order valence-electron chi connectivity index (χ3n) is 3.92. The summed E-state index contributed by atoms with van der Waals surface area (Å²) in [5, 5.41) is 10.5. The van der Waals surface area contributed by atoms with Crippen LogP contribution in [0.3, 0.4) is 0 Å². The second-order valence-electron chi connectivity index (χ2n) is 5.27. The maximum atomic E-state index is 10.0. The predicted molar refractivity (Wildman–Crippen MR) is 78.8 cm³/mol. The van der Waals surface area contributed by atoms with Gasteiger partial charge >= 0.3 is 0 Å². The molecule has 1 fully saturated rings. The molecule has 1 aliphatic heterocycles. The first-order chi connectivity index (χ1) is 9.74. The minimum absolute atomic E-state index is 0.211. The van der Waals surface area contributed by atoms with Gasteiger partial charge in [0.05, 0.1) is 11.3 Å². The molecule has 2 heterocycles. The van der Waals surface area contributed by atoms with Crippen LogP contribution in [-0.2, 0) is 13.1 Å². The Labute approximate surface area is 123 Å². The molecule has 0 bridgehead atoms. The quantitative estimate of drug-likeness (QED) is 0.942. The standard InChI is InChI=1S/C15H18ClN3O/c16-14-5-1-3-12(15(14)20)9-19-7-2-4-13(19)10-18-8-6-17-11-18/h1,3,5-6,8,11,13,20H,2,4,7,9-10H2/t13-/m1/s1. The molecule has 1 N–H and O–H groups in total. The van der Waals surface area contributed by atoms with Crippen molar-refractivity contribution in [2.24, 2.45) is 0 Å². The number of phenols is 1. The smallest absolute Gasteiger partial charge is 0.138 e. The van der Waals surface area contributed by atoms with Crippen molar-refractivity contribution in [2.75, 3.05) is 6.54 Å². The molecule has 2 aromatic rings. The Bertz CT molecular complexity index is 571. The fourth-order valence-electron chi connectivity index (χ4n) is 2.85. The molecule has 0 spiro atoms. The van der Waals surface area contributed by atoms with Crippen LogP contribution in [0.2, 0.25) is 5.02 Å². The molecule has 0 radical (unpaired) electrons. The molecule has 1 saturated heterocycles. The van der Waals surface area contributed by atoms with Crippen LogP contribution in [0.15, 0.2) is 36.9 Å². The molecule has 106 valence electrons. The maximum absolute atomic E-state index is 10.0. The van der Waals surface area contributed by atoms with Gasteiger partial charge in [-0.1, -0.05) is 23.7 Å². The first-order valence-electron chi connectivity index (χ1n) is 6.90. The summed E-state index contributed by atoms with van der Waals surface area (Å²) >= 11 is 5.97. The summed E-state index contributed by atoms with van der Waals surface area (Å²) in [7, 11) is 0. The van der Waals surface area contributed by atoms with Crippen LogP contribution < -0.4 is 0 Å². The number of nitrogens with zero attached hydrogens (tertiary/aromatic N) is 3. The van der Waals surface area contributed by atoms with Crippen molar-refractivity contribution < 1.29 is 5.11 Å². The van der Waals surface area contributed by atoms with Gasteiger partial charge in [-0.25, -0.2) is 4.98 Å². The highest BCUT2D eigenvalue weighted by molar-refractivity contribution is 6.32. The summed E-state index contributed by atoms with van der Waals surface area (Å²) < 4.78 is 2.11. The summed E-state index contributed by atoms with van der Waals surface area (Å²) in [5.41, 5.74) is 0.898. The van der Waals surface area contributed by atoms with E-state index in [0.29, 0.717) is 11.1 Å². The molecule has 5 heteroatoms. The van der Waals surface area contributed by atoms with Crippen LogP contribution in [-0.4, -0.2) is 32.1 Å². The molecule has 0 unspecified atom stereocenters. The summed E-state index contributed by atoms with van der Waals surface area (Å²) in [4.78, 5) is 6.49. The van der Waals surface area contributed by atoms with Crippen molar-refractivity contribution in [1.82, 2.24) is 14.5 Å². The molecule has 1 aliphatic rings. The van der Waals surface area contributed by atoms with Gasteiger partial charge < -0.3 is 9.67 Å². The Balaban J connectivity index is 1.71. The highest BCUT2D eigenvalue weighted by Gasteiger charge is 2.25. The Morgan fingerprint density at radius 2 is 2.30 bits per heavy atom. The van der Waals surface area contributed by atoms with Gasteiger partial charge in [0, 0.05) is 37.1 Å². The van der Waals surface area contributed by atoms with Crippen LogP contribution in [0.4, 0.5) is 0 Å². The Morgan fingerprint density at radius 1 is 1.40 bits per heavy atom. The predicted octanol–water partition coefficient (Wildman–Crippen LogP) is 2.91. The average Bonchev–Trinajstić information content (AvgIpc) is 3.08. The van der Waals surface area contributed by atoms with Gasteiger partial charge in [0.2, 0.25) is 0 Å². The summed E-state index contributed by atoms with van der Waals surface area (Å²) in [6.45, 7) is 2.75. The van der Waals surface area contributed by atoms with Crippen LogP contribution in [0.1, 0.15) is 18.4 Å². The fraction of sp³-hybridized carbons (Fsp3) is 0.400. The van der Waals surface area contributed by atoms with Gasteiger partial charge in [0.15, 0.2) is 0 Å². The number of aromatic hydroxyl groups is 1. The Kier molecular flexibility index (Phi) is 3.94. The number of rotatable bonds is 4. The van der Waals surface area contributed by atoms with Crippen molar-refractivity contribution in [2.45, 2.75) is 32.0 Å². The van der Waals surface area contributed by atoms with Crippen molar-refractivity contribution >= 4 is 11.6 Å². The number of halogens is 1. The monoisotopic (exact) mass is 291 g/mol. The van der Waals surface area contributed by atoms with E-state index in [-0.39, 0.29) is 5.75 Å². The number of likely N-dealkylation sites (tertiary alicyclic amines) is 1. The molecular formula is C15H18ClN3O. The van der Waals surface area contributed by atoms with Crippen molar-refractivity contribution in [3.05, 3.63) is 47.5 Å².